The van der Waals surface area contributed by atoms with Crippen molar-refractivity contribution in [3.63, 3.8) is 0 Å². The third-order valence-corrected chi connectivity index (χ3v) is 6.99. The molecule has 2 aromatic rings. The second-order valence-corrected chi connectivity index (χ2v) is 8.81. The fraction of sp³-hybridized carbons (Fsp3) is 0.421. The molecule has 2 aliphatic rings. The fourth-order valence-corrected chi connectivity index (χ4v) is 5.24. The minimum Gasteiger partial charge on any atom is -0.488 e. The largest absolute Gasteiger partial charge is 0.488 e. The van der Waals surface area contributed by atoms with E-state index in [0.717, 1.165) is 30.6 Å². The Bertz CT molecular complexity index is 935. The molecule has 0 unspecified atom stereocenters. The zero-order chi connectivity index (χ0) is 19.0. The first-order valence-corrected chi connectivity index (χ1v) is 10.5. The molecule has 0 radical (unpaired) electrons. The van der Waals surface area contributed by atoms with Crippen molar-refractivity contribution < 1.29 is 22.4 Å². The van der Waals surface area contributed by atoms with Gasteiger partial charge in [-0.2, -0.15) is 4.31 Å². The predicted molar refractivity (Wildman–Crippen MR) is 98.3 cm³/mol. The summed E-state index contributed by atoms with van der Waals surface area (Å²) in [4.78, 5) is 12.5. The van der Waals surface area contributed by atoms with Gasteiger partial charge in [0, 0.05) is 25.6 Å². The molecule has 1 aromatic carbocycles. The normalized spacial score (nSPS) is 19.7. The lowest BCUT2D eigenvalue weighted by Gasteiger charge is -2.14. The van der Waals surface area contributed by atoms with E-state index in [1.54, 1.807) is 6.92 Å². The number of ether oxygens (including phenoxy) is 1. The number of hydrogen-bond donors (Lipinski definition) is 1. The van der Waals surface area contributed by atoms with Crippen molar-refractivity contribution in [2.75, 3.05) is 19.6 Å². The van der Waals surface area contributed by atoms with Crippen LogP contribution in [-0.2, 0) is 16.4 Å². The highest BCUT2D eigenvalue weighted by Crippen LogP contribution is 2.28. The van der Waals surface area contributed by atoms with Crippen molar-refractivity contribution in [2.45, 2.75) is 37.2 Å². The molecule has 1 atom stereocenters. The Balaban J connectivity index is 1.41. The molecule has 7 nitrogen and oxygen atoms in total. The topological polar surface area (TPSA) is 88.8 Å². The number of para-hydroxylation sites is 1. The van der Waals surface area contributed by atoms with Crippen molar-refractivity contribution in [1.82, 2.24) is 9.62 Å². The Morgan fingerprint density at radius 2 is 2.00 bits per heavy atom. The van der Waals surface area contributed by atoms with Gasteiger partial charge in [0.25, 0.3) is 5.91 Å². The summed E-state index contributed by atoms with van der Waals surface area (Å²) in [5, 5.41) is 2.77. The van der Waals surface area contributed by atoms with Crippen LogP contribution < -0.4 is 10.1 Å². The molecule has 0 bridgehead atoms. The number of carbonyl (C=O) groups excluding carboxylic acids is 1. The van der Waals surface area contributed by atoms with E-state index in [-0.39, 0.29) is 22.5 Å². The first-order valence-electron chi connectivity index (χ1n) is 9.08. The van der Waals surface area contributed by atoms with E-state index >= 15 is 0 Å². The van der Waals surface area contributed by atoms with Crippen LogP contribution in [0.1, 0.15) is 34.7 Å². The molecule has 0 spiro atoms. The first-order chi connectivity index (χ1) is 12.9. The smallest absolute Gasteiger partial charge is 0.287 e. The van der Waals surface area contributed by atoms with E-state index in [0.29, 0.717) is 19.6 Å². The zero-order valence-corrected chi connectivity index (χ0v) is 15.9. The quantitative estimate of drug-likeness (QED) is 0.845. The van der Waals surface area contributed by atoms with E-state index in [9.17, 15) is 13.2 Å². The number of nitrogens with zero attached hydrogens (tertiary/aromatic N) is 1. The number of fused-ring (bicyclic) bond motifs is 1. The standard InChI is InChI=1S/C19H22N2O5S/c1-13-18(27(23,24)21-8-4-5-9-21)11-17(25-13)19(22)20-12-15-10-14-6-2-3-7-16(14)26-15/h2-3,6-7,11,15H,4-5,8-10,12H2,1H3,(H,20,22)/t15-/m0/s1. The summed E-state index contributed by atoms with van der Waals surface area (Å²) in [6, 6.07) is 9.10. The summed E-state index contributed by atoms with van der Waals surface area (Å²) >= 11 is 0. The molecular formula is C19H22N2O5S. The highest BCUT2D eigenvalue weighted by molar-refractivity contribution is 7.89. The maximum Gasteiger partial charge on any atom is 0.287 e. The number of rotatable bonds is 5. The van der Waals surface area contributed by atoms with Gasteiger partial charge in [0.1, 0.15) is 22.5 Å². The van der Waals surface area contributed by atoms with Crippen LogP contribution in [0.2, 0.25) is 0 Å². The van der Waals surface area contributed by atoms with Gasteiger partial charge in [0.05, 0.1) is 6.54 Å². The van der Waals surface area contributed by atoms with Crippen LogP contribution in [0.4, 0.5) is 0 Å². The van der Waals surface area contributed by atoms with Crippen LogP contribution in [0.15, 0.2) is 39.6 Å². The molecule has 144 valence electrons. The molecule has 27 heavy (non-hydrogen) atoms. The van der Waals surface area contributed by atoms with Gasteiger partial charge < -0.3 is 14.5 Å². The minimum absolute atomic E-state index is 0.000725. The Kier molecular flexibility index (Phi) is 4.69. The summed E-state index contributed by atoms with van der Waals surface area (Å²) < 4.78 is 38.1. The van der Waals surface area contributed by atoms with Crippen LogP contribution in [0.25, 0.3) is 0 Å². The molecule has 2 aliphatic heterocycles. The van der Waals surface area contributed by atoms with Gasteiger partial charge in [-0.25, -0.2) is 8.42 Å². The number of carbonyl (C=O) groups is 1. The van der Waals surface area contributed by atoms with E-state index in [1.807, 2.05) is 24.3 Å². The molecule has 1 N–H and O–H groups in total. The van der Waals surface area contributed by atoms with E-state index in [1.165, 1.54) is 10.4 Å². The molecule has 1 amide bonds. The van der Waals surface area contributed by atoms with E-state index in [4.69, 9.17) is 9.15 Å². The second kappa shape index (κ2) is 7.01. The van der Waals surface area contributed by atoms with Crippen LogP contribution in [0, 0.1) is 6.92 Å². The van der Waals surface area contributed by atoms with Gasteiger partial charge in [-0.3, -0.25) is 4.79 Å². The average molecular weight is 390 g/mol. The molecule has 0 saturated carbocycles. The van der Waals surface area contributed by atoms with E-state index < -0.39 is 15.9 Å². The summed E-state index contributed by atoms with van der Waals surface area (Å²) in [7, 11) is -3.61. The van der Waals surface area contributed by atoms with Crippen molar-refractivity contribution in [3.05, 3.63) is 47.4 Å². The van der Waals surface area contributed by atoms with Crippen molar-refractivity contribution >= 4 is 15.9 Å². The molecule has 4 rings (SSSR count). The number of aryl methyl sites for hydroxylation is 1. The first kappa shape index (κ1) is 18.1. The Hall–Kier alpha value is -2.32. The third-order valence-electron chi connectivity index (χ3n) is 4.98. The lowest BCUT2D eigenvalue weighted by molar-refractivity contribution is 0.0904. The number of furan rings is 1. The van der Waals surface area contributed by atoms with Crippen molar-refractivity contribution in [3.8, 4) is 5.75 Å². The number of nitrogens with one attached hydrogen (secondary N) is 1. The lowest BCUT2D eigenvalue weighted by atomic mass is 10.1. The summed E-state index contributed by atoms with van der Waals surface area (Å²) in [5.41, 5.74) is 1.12. The zero-order valence-electron chi connectivity index (χ0n) is 15.1. The molecule has 8 heteroatoms. The van der Waals surface area contributed by atoms with Gasteiger partial charge in [-0.1, -0.05) is 18.2 Å². The number of hydrogen-bond acceptors (Lipinski definition) is 5. The van der Waals surface area contributed by atoms with Gasteiger partial charge in [-0.05, 0) is 31.4 Å². The van der Waals surface area contributed by atoms with Crippen molar-refractivity contribution in [1.29, 1.82) is 0 Å². The highest BCUT2D eigenvalue weighted by Gasteiger charge is 2.32. The number of sulfonamides is 1. The minimum atomic E-state index is -3.61. The molecule has 1 saturated heterocycles. The van der Waals surface area contributed by atoms with Crippen LogP contribution in [0.5, 0.6) is 5.75 Å². The molecular weight excluding hydrogens is 368 g/mol. The van der Waals surface area contributed by atoms with Crippen LogP contribution in [0.3, 0.4) is 0 Å². The van der Waals surface area contributed by atoms with Gasteiger partial charge in [-0.15, -0.1) is 0 Å². The predicted octanol–water partition coefficient (Wildman–Crippen LogP) is 2.11. The highest BCUT2D eigenvalue weighted by atomic mass is 32.2. The fourth-order valence-electron chi connectivity index (χ4n) is 3.56. The third kappa shape index (κ3) is 3.46. The SMILES string of the molecule is Cc1oc(C(=O)NC[C@@H]2Cc3ccccc3O2)cc1S(=O)(=O)N1CCCC1. The van der Waals surface area contributed by atoms with E-state index in [2.05, 4.69) is 5.32 Å². The maximum absolute atomic E-state index is 12.7. The van der Waals surface area contributed by atoms with Gasteiger partial charge in [0.15, 0.2) is 5.76 Å². The average Bonchev–Trinajstić information content (AvgIpc) is 3.38. The summed E-state index contributed by atoms with van der Waals surface area (Å²) in [6.07, 6.45) is 2.29. The van der Waals surface area contributed by atoms with Crippen LogP contribution in [-0.4, -0.2) is 44.4 Å². The summed E-state index contributed by atoms with van der Waals surface area (Å²) in [6.45, 7) is 2.90. The Morgan fingerprint density at radius 3 is 2.74 bits per heavy atom. The number of benzene rings is 1. The van der Waals surface area contributed by atoms with Crippen LogP contribution >= 0.6 is 0 Å². The molecule has 1 fully saturated rings. The summed E-state index contributed by atoms with van der Waals surface area (Å²) in [5.74, 6) is 0.627. The number of amides is 1. The Morgan fingerprint density at radius 1 is 1.26 bits per heavy atom. The Labute approximate surface area is 158 Å². The van der Waals surface area contributed by atoms with Gasteiger partial charge >= 0.3 is 0 Å². The molecule has 1 aromatic heterocycles. The lowest BCUT2D eigenvalue weighted by Crippen LogP contribution is -2.34. The molecule has 0 aliphatic carbocycles. The maximum atomic E-state index is 12.7. The molecule has 3 heterocycles. The second-order valence-electron chi connectivity index (χ2n) is 6.90. The van der Waals surface area contributed by atoms with Gasteiger partial charge in [0.2, 0.25) is 10.0 Å². The monoisotopic (exact) mass is 390 g/mol. The van der Waals surface area contributed by atoms with Crippen molar-refractivity contribution in [2.24, 2.45) is 0 Å².